The number of tetrazole rings is 1. The quantitative estimate of drug-likeness (QED) is 0.210. The lowest BCUT2D eigenvalue weighted by molar-refractivity contribution is -0.129. The lowest BCUT2D eigenvalue weighted by Gasteiger charge is -2.33. The number of hydrogen-bond donors (Lipinski definition) is 3. The molecule has 11 heteroatoms. The SMILES string of the molecule is C.CN1CCN(c2cc(-c3ccc(C[C@H](CC(=O)C4CCC(CN)CC4)C(=O)Nc4ccc(-c5nn[nH]n5)cc4)cc3)ccn2)CC1. The molecule has 0 unspecified atom stereocenters. The highest BCUT2D eigenvalue weighted by atomic mass is 16.2. The number of piperazine rings is 1. The molecule has 2 aliphatic rings. The van der Waals surface area contributed by atoms with Gasteiger partial charge in [-0.3, -0.25) is 9.59 Å². The summed E-state index contributed by atoms with van der Waals surface area (Å²) in [5.74, 6) is 1.49. The van der Waals surface area contributed by atoms with E-state index in [1.807, 2.05) is 36.5 Å². The third kappa shape index (κ3) is 8.66. The van der Waals surface area contributed by atoms with Crippen LogP contribution in [-0.4, -0.2) is 82.0 Å². The maximum Gasteiger partial charge on any atom is 0.228 e. The van der Waals surface area contributed by atoms with Gasteiger partial charge in [-0.1, -0.05) is 31.7 Å². The van der Waals surface area contributed by atoms with Crippen LogP contribution in [-0.2, 0) is 16.0 Å². The summed E-state index contributed by atoms with van der Waals surface area (Å²) in [6, 6.07) is 19.8. The lowest BCUT2D eigenvalue weighted by Crippen LogP contribution is -2.44. The number of H-pyrrole nitrogens is 1. The second kappa shape index (κ2) is 15.9. The summed E-state index contributed by atoms with van der Waals surface area (Å²) in [7, 11) is 2.15. The number of pyridine rings is 1. The first-order chi connectivity index (χ1) is 22.4. The van der Waals surface area contributed by atoms with Crippen molar-refractivity contribution in [2.24, 2.45) is 23.5 Å². The number of aromatic amines is 1. The van der Waals surface area contributed by atoms with Crippen molar-refractivity contribution in [1.29, 1.82) is 0 Å². The summed E-state index contributed by atoms with van der Waals surface area (Å²) in [5, 5.41) is 17.1. The van der Waals surface area contributed by atoms with Gasteiger partial charge in [0.1, 0.15) is 11.6 Å². The van der Waals surface area contributed by atoms with Crippen molar-refractivity contribution in [2.75, 3.05) is 50.0 Å². The van der Waals surface area contributed by atoms with Crippen LogP contribution >= 0.6 is 0 Å². The predicted octanol–water partition coefficient (Wildman–Crippen LogP) is 4.84. The largest absolute Gasteiger partial charge is 0.354 e. The van der Waals surface area contributed by atoms with Gasteiger partial charge in [0.15, 0.2) is 0 Å². The highest BCUT2D eigenvalue weighted by Crippen LogP contribution is 2.31. The van der Waals surface area contributed by atoms with Gasteiger partial charge in [0, 0.05) is 61.9 Å². The van der Waals surface area contributed by atoms with Crippen LogP contribution in [0.5, 0.6) is 0 Å². The number of ketones is 1. The number of Topliss-reactive ketones (excluding diaryl/α,β-unsaturated/α-hetero) is 1. The molecule has 11 nitrogen and oxygen atoms in total. The molecule has 0 spiro atoms. The van der Waals surface area contributed by atoms with E-state index in [9.17, 15) is 9.59 Å². The highest BCUT2D eigenvalue weighted by molar-refractivity contribution is 5.96. The van der Waals surface area contributed by atoms with Gasteiger partial charge in [-0.2, -0.15) is 5.21 Å². The van der Waals surface area contributed by atoms with Crippen LogP contribution in [0, 0.1) is 17.8 Å². The first kappa shape index (κ1) is 33.9. The molecule has 0 bridgehead atoms. The van der Waals surface area contributed by atoms with Crippen LogP contribution in [0.4, 0.5) is 11.5 Å². The molecular formula is C36H47N9O2. The molecule has 1 saturated heterocycles. The summed E-state index contributed by atoms with van der Waals surface area (Å²) in [4.78, 5) is 36.5. The van der Waals surface area contributed by atoms with E-state index in [1.165, 1.54) is 0 Å². The van der Waals surface area contributed by atoms with E-state index < -0.39 is 5.92 Å². The fourth-order valence-electron chi connectivity index (χ4n) is 6.54. The van der Waals surface area contributed by atoms with E-state index in [1.54, 1.807) is 0 Å². The van der Waals surface area contributed by atoms with Gasteiger partial charge >= 0.3 is 0 Å². The van der Waals surface area contributed by atoms with Crippen molar-refractivity contribution in [3.8, 4) is 22.5 Å². The van der Waals surface area contributed by atoms with E-state index in [0.29, 0.717) is 30.4 Å². The van der Waals surface area contributed by atoms with Crippen molar-refractivity contribution in [3.63, 3.8) is 0 Å². The normalized spacial score (nSPS) is 19.1. The van der Waals surface area contributed by atoms with Crippen LogP contribution in [0.15, 0.2) is 66.9 Å². The number of nitrogens with two attached hydrogens (primary N) is 1. The third-order valence-corrected chi connectivity index (χ3v) is 9.55. The number of aromatic nitrogens is 5. The van der Waals surface area contributed by atoms with Crippen LogP contribution in [0.25, 0.3) is 22.5 Å². The number of hydrogen-bond acceptors (Lipinski definition) is 9. The number of rotatable bonds is 11. The molecule has 1 aliphatic carbocycles. The molecule has 6 rings (SSSR count). The molecule has 1 aliphatic heterocycles. The Morgan fingerprint density at radius 3 is 2.30 bits per heavy atom. The fourth-order valence-corrected chi connectivity index (χ4v) is 6.54. The van der Waals surface area contributed by atoms with Crippen LogP contribution in [0.3, 0.4) is 0 Å². The number of carbonyl (C=O) groups is 2. The van der Waals surface area contributed by atoms with Gasteiger partial charge in [-0.25, -0.2) is 4.98 Å². The van der Waals surface area contributed by atoms with Crippen LogP contribution in [0.1, 0.15) is 45.1 Å². The van der Waals surface area contributed by atoms with Crippen LogP contribution in [0.2, 0.25) is 0 Å². The van der Waals surface area contributed by atoms with Crippen molar-refractivity contribution in [1.82, 2.24) is 30.5 Å². The van der Waals surface area contributed by atoms with E-state index in [0.717, 1.165) is 79.9 Å². The molecule has 248 valence electrons. The fraction of sp³-hybridized carbons (Fsp3) is 0.444. The first-order valence-corrected chi connectivity index (χ1v) is 16.3. The smallest absolute Gasteiger partial charge is 0.228 e. The zero-order valence-electron chi connectivity index (χ0n) is 26.4. The Balaban J connectivity index is 0.00000433. The summed E-state index contributed by atoms with van der Waals surface area (Å²) in [6.07, 6.45) is 6.21. The molecule has 4 N–H and O–H groups in total. The Morgan fingerprint density at radius 1 is 0.936 bits per heavy atom. The van der Waals surface area contributed by atoms with Crippen molar-refractivity contribution < 1.29 is 9.59 Å². The van der Waals surface area contributed by atoms with Crippen molar-refractivity contribution in [2.45, 2.75) is 46.0 Å². The number of nitrogens with zero attached hydrogens (tertiary/aromatic N) is 6. The molecule has 1 atom stereocenters. The van der Waals surface area contributed by atoms with E-state index in [4.69, 9.17) is 5.73 Å². The third-order valence-electron chi connectivity index (χ3n) is 9.55. The Labute approximate surface area is 277 Å². The number of nitrogens with one attached hydrogen (secondary N) is 2. The number of anilines is 2. The monoisotopic (exact) mass is 637 g/mol. The predicted molar refractivity (Wildman–Crippen MR) is 186 cm³/mol. The molecular weight excluding hydrogens is 590 g/mol. The van der Waals surface area contributed by atoms with Gasteiger partial charge in [0.2, 0.25) is 11.7 Å². The topological polar surface area (TPSA) is 146 Å². The summed E-state index contributed by atoms with van der Waals surface area (Å²) in [5.41, 5.74) is 10.5. The molecule has 0 radical (unpaired) electrons. The van der Waals surface area contributed by atoms with E-state index in [-0.39, 0.29) is 31.5 Å². The first-order valence-electron chi connectivity index (χ1n) is 16.3. The number of likely N-dealkylation sites (N-methyl/N-ethyl adjacent to an activating group) is 1. The van der Waals surface area contributed by atoms with Crippen molar-refractivity contribution in [3.05, 3.63) is 72.4 Å². The minimum Gasteiger partial charge on any atom is -0.354 e. The number of benzene rings is 2. The molecule has 2 aromatic carbocycles. The summed E-state index contributed by atoms with van der Waals surface area (Å²) < 4.78 is 0. The zero-order valence-corrected chi connectivity index (χ0v) is 26.4. The second-order valence-corrected chi connectivity index (χ2v) is 12.7. The second-order valence-electron chi connectivity index (χ2n) is 12.7. The highest BCUT2D eigenvalue weighted by Gasteiger charge is 2.30. The average molecular weight is 638 g/mol. The van der Waals surface area contributed by atoms with Crippen LogP contribution < -0.4 is 16.0 Å². The zero-order chi connectivity index (χ0) is 31.9. The molecule has 47 heavy (non-hydrogen) atoms. The maximum atomic E-state index is 13.7. The van der Waals surface area contributed by atoms with Crippen molar-refractivity contribution >= 4 is 23.2 Å². The maximum absolute atomic E-state index is 13.7. The molecule has 2 aromatic heterocycles. The molecule has 2 fully saturated rings. The minimum absolute atomic E-state index is 0. The molecule has 1 saturated carbocycles. The number of carbonyl (C=O) groups excluding carboxylic acids is 2. The Kier molecular flexibility index (Phi) is 11.4. The van der Waals surface area contributed by atoms with Gasteiger partial charge < -0.3 is 20.9 Å². The Hall–Kier alpha value is -4.48. The van der Waals surface area contributed by atoms with Gasteiger partial charge in [-0.15, -0.1) is 10.2 Å². The van der Waals surface area contributed by atoms with Gasteiger partial charge in [-0.05, 0) is 110 Å². The molecule has 3 heterocycles. The van der Waals surface area contributed by atoms with E-state index >= 15 is 0 Å². The Bertz CT molecular complexity index is 1580. The summed E-state index contributed by atoms with van der Waals surface area (Å²) >= 11 is 0. The minimum atomic E-state index is -0.493. The summed E-state index contributed by atoms with van der Waals surface area (Å²) in [6.45, 7) is 4.65. The lowest BCUT2D eigenvalue weighted by atomic mass is 9.77. The molecule has 4 aromatic rings. The Morgan fingerprint density at radius 2 is 1.64 bits per heavy atom. The number of amides is 1. The van der Waals surface area contributed by atoms with Gasteiger partial charge in [0.05, 0.1) is 0 Å². The average Bonchev–Trinajstić information content (AvgIpc) is 3.64. The standard InChI is InChI=1S/C35H43N9O2.CH4/c1-43-16-18-44(19-17-43)33-22-29(14-15-37-33)26-6-2-24(3-7-26)20-30(21-32(45)27-8-4-25(23-36)5-9-27)35(46)38-31-12-10-28(11-13-31)34-39-41-42-40-34;/h2-3,6-7,10-15,22,25,27,30H,4-5,8-9,16-21,23,36H2,1H3,(H,38,46)(H,39,40,41,42);1H4/t25?,27?,30-;/m1./s1. The van der Waals surface area contributed by atoms with Gasteiger partial charge in [0.25, 0.3) is 0 Å². The molecule has 1 amide bonds. The van der Waals surface area contributed by atoms with E-state index in [2.05, 4.69) is 78.1 Å².